The summed E-state index contributed by atoms with van der Waals surface area (Å²) in [6.45, 7) is 8.67. The highest BCUT2D eigenvalue weighted by Gasteiger charge is 2.53. The van der Waals surface area contributed by atoms with Crippen molar-refractivity contribution in [2.75, 3.05) is 13.7 Å². The highest BCUT2D eigenvalue weighted by atomic mass is 16.7. The van der Waals surface area contributed by atoms with Gasteiger partial charge in [0.05, 0.1) is 0 Å². The molecule has 1 aliphatic rings. The number of carbonyl (C=O) groups excluding carboxylic acids is 4. The maximum atomic E-state index is 13.6. The van der Waals surface area contributed by atoms with Crippen LogP contribution < -0.4 is 0 Å². The van der Waals surface area contributed by atoms with Gasteiger partial charge in [0, 0.05) is 32.8 Å². The molecule has 0 aromatic rings. The summed E-state index contributed by atoms with van der Waals surface area (Å²) in [7, 11) is 1.44. The van der Waals surface area contributed by atoms with Crippen LogP contribution in [-0.4, -0.2) is 68.3 Å². The monoisotopic (exact) mass is 923 g/mol. The number of esters is 4. The molecule has 65 heavy (non-hydrogen) atoms. The van der Waals surface area contributed by atoms with E-state index in [4.69, 9.17) is 28.4 Å². The zero-order chi connectivity index (χ0) is 47.4. The molecule has 0 amide bonds. The molecule has 1 fully saturated rings. The summed E-state index contributed by atoms with van der Waals surface area (Å²) in [5.74, 6) is -1.73. The van der Waals surface area contributed by atoms with E-state index in [0.29, 0.717) is 19.3 Å². The van der Waals surface area contributed by atoms with E-state index < -0.39 is 48.6 Å². The number of ether oxygens (including phenoxy) is 6. The summed E-state index contributed by atoms with van der Waals surface area (Å²) in [5.41, 5.74) is 0. The Morgan fingerprint density at radius 2 is 0.600 bits per heavy atom. The molecule has 5 atom stereocenters. The average molecular weight is 923 g/mol. The number of hydrogen-bond donors (Lipinski definition) is 0. The van der Waals surface area contributed by atoms with Crippen LogP contribution in [0, 0.1) is 0 Å². The molecule has 382 valence electrons. The lowest BCUT2D eigenvalue weighted by molar-refractivity contribution is -0.303. The van der Waals surface area contributed by atoms with Gasteiger partial charge in [-0.1, -0.05) is 233 Å². The van der Waals surface area contributed by atoms with Crippen LogP contribution in [-0.2, 0) is 47.6 Å². The molecule has 0 N–H and O–H groups in total. The molecule has 1 unspecified atom stereocenters. The van der Waals surface area contributed by atoms with Crippen LogP contribution >= 0.6 is 0 Å². The van der Waals surface area contributed by atoms with Gasteiger partial charge in [-0.05, 0) is 25.7 Å². The third-order valence-electron chi connectivity index (χ3n) is 13.0. The normalized spacial score (nSPS) is 18.4. The van der Waals surface area contributed by atoms with E-state index in [9.17, 15) is 19.2 Å². The van der Waals surface area contributed by atoms with Crippen molar-refractivity contribution in [1.82, 2.24) is 0 Å². The first kappa shape index (κ1) is 60.8. The molecule has 0 saturated carbocycles. The first-order valence-electron chi connectivity index (χ1n) is 27.7. The SMILES string of the molecule is CCCCCCCCCCCC(=O)OC[C@H]1OC(OC)[C@H](OC(=O)CCCCCCCCCCC)[C@@H](OC(=O)CCCCCCCCCCC)[C@@H]1OC(=O)CCCCCCCCCCC. The quantitative estimate of drug-likeness (QED) is 0.0331. The maximum absolute atomic E-state index is 13.6. The van der Waals surface area contributed by atoms with E-state index in [1.807, 2.05) is 0 Å². The molecule has 0 spiro atoms. The average Bonchev–Trinajstić information content (AvgIpc) is 3.30. The van der Waals surface area contributed by atoms with Gasteiger partial charge < -0.3 is 28.4 Å². The van der Waals surface area contributed by atoms with E-state index >= 15 is 0 Å². The van der Waals surface area contributed by atoms with Crippen molar-refractivity contribution in [2.45, 2.75) is 315 Å². The first-order valence-corrected chi connectivity index (χ1v) is 27.7. The Balaban J connectivity index is 3.09. The number of rotatable bonds is 46. The fraction of sp³-hybridized carbons (Fsp3) is 0.927. The molecule has 0 bridgehead atoms. The third-order valence-corrected chi connectivity index (χ3v) is 13.0. The molecule has 1 heterocycles. The summed E-state index contributed by atoms with van der Waals surface area (Å²) >= 11 is 0. The Bertz CT molecular complexity index is 1130. The number of carbonyl (C=O) groups is 4. The van der Waals surface area contributed by atoms with Crippen molar-refractivity contribution in [3.8, 4) is 0 Å². The Labute approximate surface area is 399 Å². The fourth-order valence-electron chi connectivity index (χ4n) is 8.80. The lowest BCUT2D eigenvalue weighted by Gasteiger charge is -2.44. The van der Waals surface area contributed by atoms with Crippen LogP contribution in [0.25, 0.3) is 0 Å². The van der Waals surface area contributed by atoms with E-state index in [0.717, 1.165) is 77.0 Å². The fourth-order valence-corrected chi connectivity index (χ4v) is 8.80. The predicted octanol–water partition coefficient (Wildman–Crippen LogP) is 15.3. The van der Waals surface area contributed by atoms with Gasteiger partial charge >= 0.3 is 23.9 Å². The Kier molecular flexibility index (Phi) is 41.5. The van der Waals surface area contributed by atoms with Gasteiger partial charge in [0.15, 0.2) is 24.6 Å². The molecular formula is C55H102O10. The van der Waals surface area contributed by atoms with Crippen LogP contribution in [0.4, 0.5) is 0 Å². The topological polar surface area (TPSA) is 124 Å². The van der Waals surface area contributed by atoms with Crippen LogP contribution in [0.3, 0.4) is 0 Å². The van der Waals surface area contributed by atoms with E-state index in [1.165, 1.54) is 142 Å². The third kappa shape index (κ3) is 33.9. The van der Waals surface area contributed by atoms with Crippen LogP contribution in [0.2, 0.25) is 0 Å². The second-order valence-electron chi connectivity index (χ2n) is 19.1. The van der Waals surface area contributed by atoms with Gasteiger partial charge in [-0.2, -0.15) is 0 Å². The van der Waals surface area contributed by atoms with Crippen LogP contribution in [0.1, 0.15) is 285 Å². The van der Waals surface area contributed by atoms with E-state index in [1.54, 1.807) is 0 Å². The van der Waals surface area contributed by atoms with Gasteiger partial charge in [0.1, 0.15) is 12.7 Å². The van der Waals surface area contributed by atoms with Gasteiger partial charge in [-0.3, -0.25) is 19.2 Å². The van der Waals surface area contributed by atoms with Crippen molar-refractivity contribution < 1.29 is 47.6 Å². The lowest BCUT2D eigenvalue weighted by Crippen LogP contribution is -2.63. The smallest absolute Gasteiger partial charge is 0.306 e. The maximum Gasteiger partial charge on any atom is 0.306 e. The summed E-state index contributed by atoms with van der Waals surface area (Å²) in [4.78, 5) is 53.8. The van der Waals surface area contributed by atoms with Crippen molar-refractivity contribution in [3.63, 3.8) is 0 Å². The molecule has 10 nitrogen and oxygen atoms in total. The molecule has 1 saturated heterocycles. The lowest BCUT2D eigenvalue weighted by atomic mass is 9.97. The first-order chi connectivity index (χ1) is 31.8. The second kappa shape index (κ2) is 44.3. The van der Waals surface area contributed by atoms with E-state index in [2.05, 4.69) is 27.7 Å². The standard InChI is InChI=1S/C55H102O10/c1-6-10-14-18-22-26-30-34-38-42-48(56)61-46-47-52(63-49(57)43-39-35-31-27-23-19-15-11-7-2)53(64-50(58)44-40-36-32-28-24-20-16-12-8-3)54(55(60-5)62-47)65-51(59)45-41-37-33-29-25-21-17-13-9-4/h47,52-55H,6-46H2,1-5H3/t47-,52-,53+,54-,55?/m1/s1. The molecular weight excluding hydrogens is 821 g/mol. The van der Waals surface area contributed by atoms with Crippen molar-refractivity contribution in [1.29, 1.82) is 0 Å². The summed E-state index contributed by atoms with van der Waals surface area (Å²) < 4.78 is 36.3. The summed E-state index contributed by atoms with van der Waals surface area (Å²) in [5, 5.41) is 0. The van der Waals surface area contributed by atoms with E-state index in [-0.39, 0.29) is 38.3 Å². The molecule has 0 radical (unpaired) electrons. The van der Waals surface area contributed by atoms with Crippen molar-refractivity contribution >= 4 is 23.9 Å². The minimum atomic E-state index is -1.21. The van der Waals surface area contributed by atoms with Crippen molar-refractivity contribution in [2.24, 2.45) is 0 Å². The molecule has 1 aliphatic heterocycles. The van der Waals surface area contributed by atoms with Gasteiger partial charge in [0.2, 0.25) is 0 Å². The highest BCUT2D eigenvalue weighted by molar-refractivity contribution is 5.72. The number of unbranched alkanes of at least 4 members (excludes halogenated alkanes) is 32. The van der Waals surface area contributed by atoms with Crippen LogP contribution in [0.15, 0.2) is 0 Å². The number of methoxy groups -OCH3 is 1. The Hall–Kier alpha value is -2.20. The molecule has 0 aromatic carbocycles. The molecule has 10 heteroatoms. The molecule has 0 aliphatic carbocycles. The Morgan fingerprint density at radius 1 is 0.338 bits per heavy atom. The zero-order valence-corrected chi connectivity index (χ0v) is 43.0. The Morgan fingerprint density at radius 3 is 0.908 bits per heavy atom. The summed E-state index contributed by atoms with van der Waals surface area (Å²) in [6.07, 6.45) is 35.4. The highest BCUT2D eigenvalue weighted by Crippen LogP contribution is 2.31. The van der Waals surface area contributed by atoms with Gasteiger partial charge in [-0.15, -0.1) is 0 Å². The largest absolute Gasteiger partial charge is 0.463 e. The number of hydrogen-bond acceptors (Lipinski definition) is 10. The van der Waals surface area contributed by atoms with Crippen molar-refractivity contribution in [3.05, 3.63) is 0 Å². The minimum absolute atomic E-state index is 0.182. The second-order valence-corrected chi connectivity index (χ2v) is 19.1. The minimum Gasteiger partial charge on any atom is -0.463 e. The van der Waals surface area contributed by atoms with Gasteiger partial charge in [0.25, 0.3) is 0 Å². The summed E-state index contributed by atoms with van der Waals surface area (Å²) in [6, 6.07) is 0. The van der Waals surface area contributed by atoms with Gasteiger partial charge in [-0.25, -0.2) is 0 Å². The predicted molar refractivity (Wildman–Crippen MR) is 264 cm³/mol. The van der Waals surface area contributed by atoms with Crippen LogP contribution in [0.5, 0.6) is 0 Å². The zero-order valence-electron chi connectivity index (χ0n) is 43.0. The molecule has 1 rings (SSSR count). The molecule has 0 aromatic heterocycles.